The van der Waals surface area contributed by atoms with Gasteiger partial charge in [-0.1, -0.05) is 30.3 Å². The Hall–Kier alpha value is -2.08. The minimum Gasteiger partial charge on any atom is -0.497 e. The molecule has 2 aromatic carbocycles. The Bertz CT molecular complexity index is 632. The summed E-state index contributed by atoms with van der Waals surface area (Å²) in [5.74, 6) is 1.51. The molecule has 2 atom stereocenters. The van der Waals surface area contributed by atoms with Crippen LogP contribution in [0.2, 0.25) is 0 Å². The monoisotopic (exact) mass is 343 g/mol. The lowest BCUT2D eigenvalue weighted by atomic mass is 10.1. The third-order valence-electron chi connectivity index (χ3n) is 4.29. The fraction of sp³-hybridized carbons (Fsp3) is 0.400. The normalized spacial score (nSPS) is 19.4. The van der Waals surface area contributed by atoms with Crippen LogP contribution in [0.3, 0.4) is 0 Å². The zero-order chi connectivity index (χ0) is 17.5. The number of aliphatic hydroxyl groups excluding tert-OH is 1. The highest BCUT2D eigenvalue weighted by Crippen LogP contribution is 2.22. The largest absolute Gasteiger partial charge is 0.497 e. The molecular formula is C20H25NO4. The van der Waals surface area contributed by atoms with Crippen LogP contribution >= 0.6 is 0 Å². The SMILES string of the molecule is COc1ccc(OC[C@H](O)CN2CCO[C@@H](c3ccccc3)C2)cc1. The highest BCUT2D eigenvalue weighted by Gasteiger charge is 2.23. The van der Waals surface area contributed by atoms with Crippen molar-refractivity contribution in [3.8, 4) is 11.5 Å². The number of aliphatic hydroxyl groups is 1. The van der Waals surface area contributed by atoms with E-state index in [1.807, 2.05) is 42.5 Å². The summed E-state index contributed by atoms with van der Waals surface area (Å²) in [6, 6.07) is 17.6. The lowest BCUT2D eigenvalue weighted by Gasteiger charge is -2.34. The third kappa shape index (κ3) is 5.19. The van der Waals surface area contributed by atoms with Gasteiger partial charge in [-0.15, -0.1) is 0 Å². The molecule has 0 unspecified atom stereocenters. The summed E-state index contributed by atoms with van der Waals surface area (Å²) in [5.41, 5.74) is 1.18. The predicted octanol–water partition coefficient (Wildman–Crippen LogP) is 2.51. The number of hydrogen-bond acceptors (Lipinski definition) is 5. The van der Waals surface area contributed by atoms with Crippen LogP contribution in [0, 0.1) is 0 Å². The molecule has 25 heavy (non-hydrogen) atoms. The molecule has 1 fully saturated rings. The van der Waals surface area contributed by atoms with Gasteiger partial charge in [0.25, 0.3) is 0 Å². The van der Waals surface area contributed by atoms with Crippen molar-refractivity contribution in [2.24, 2.45) is 0 Å². The van der Waals surface area contributed by atoms with Crippen LogP contribution in [0.15, 0.2) is 54.6 Å². The fourth-order valence-corrected chi connectivity index (χ4v) is 2.95. The van der Waals surface area contributed by atoms with Gasteiger partial charge in [0.1, 0.15) is 24.2 Å². The van der Waals surface area contributed by atoms with Crippen molar-refractivity contribution in [2.45, 2.75) is 12.2 Å². The Balaban J connectivity index is 1.46. The number of methoxy groups -OCH3 is 1. The summed E-state index contributed by atoms with van der Waals surface area (Å²) < 4.78 is 16.6. The zero-order valence-electron chi connectivity index (χ0n) is 14.5. The first-order valence-electron chi connectivity index (χ1n) is 8.58. The van der Waals surface area contributed by atoms with Gasteiger partial charge in [-0.2, -0.15) is 0 Å². The van der Waals surface area contributed by atoms with E-state index in [-0.39, 0.29) is 12.7 Å². The number of benzene rings is 2. The molecule has 5 nitrogen and oxygen atoms in total. The summed E-state index contributed by atoms with van der Waals surface area (Å²) in [6.45, 7) is 3.11. The molecule has 5 heteroatoms. The molecule has 0 radical (unpaired) electrons. The molecule has 3 rings (SSSR count). The molecule has 0 aromatic heterocycles. The van der Waals surface area contributed by atoms with Gasteiger partial charge in [0.15, 0.2) is 0 Å². The predicted molar refractivity (Wildman–Crippen MR) is 96.1 cm³/mol. The highest BCUT2D eigenvalue weighted by molar-refractivity contribution is 5.31. The highest BCUT2D eigenvalue weighted by atomic mass is 16.5. The van der Waals surface area contributed by atoms with Gasteiger partial charge >= 0.3 is 0 Å². The van der Waals surface area contributed by atoms with Gasteiger partial charge < -0.3 is 19.3 Å². The molecule has 0 spiro atoms. The van der Waals surface area contributed by atoms with Crippen molar-refractivity contribution in [3.63, 3.8) is 0 Å². The molecule has 0 bridgehead atoms. The van der Waals surface area contributed by atoms with Crippen LogP contribution in [-0.2, 0) is 4.74 Å². The average molecular weight is 343 g/mol. The summed E-state index contributed by atoms with van der Waals surface area (Å²) in [5, 5.41) is 10.3. The number of nitrogens with zero attached hydrogens (tertiary/aromatic N) is 1. The van der Waals surface area contributed by atoms with E-state index in [9.17, 15) is 5.11 Å². The lowest BCUT2D eigenvalue weighted by molar-refractivity contribution is -0.0459. The molecule has 0 saturated carbocycles. The van der Waals surface area contributed by atoms with Crippen LogP contribution in [0.5, 0.6) is 11.5 Å². The van der Waals surface area contributed by atoms with Gasteiger partial charge in [0.2, 0.25) is 0 Å². The van der Waals surface area contributed by atoms with Gasteiger partial charge in [-0.3, -0.25) is 4.90 Å². The summed E-state index contributed by atoms with van der Waals surface area (Å²) in [7, 11) is 1.63. The van der Waals surface area contributed by atoms with Crippen LogP contribution in [-0.4, -0.2) is 56.1 Å². The number of β-amino-alcohol motifs (C(OH)–C–C–N with tert-alkyl or cyclic N) is 1. The fourth-order valence-electron chi connectivity index (χ4n) is 2.95. The molecule has 1 heterocycles. The molecule has 1 saturated heterocycles. The minimum atomic E-state index is -0.545. The number of hydrogen-bond donors (Lipinski definition) is 1. The maximum atomic E-state index is 10.3. The second-order valence-corrected chi connectivity index (χ2v) is 6.17. The lowest BCUT2D eigenvalue weighted by Crippen LogP contribution is -2.43. The standard InChI is InChI=1S/C20H25NO4/c1-23-18-7-9-19(10-8-18)25-15-17(22)13-21-11-12-24-20(14-21)16-5-3-2-4-6-16/h2-10,17,20,22H,11-15H2,1H3/t17-,20-/m1/s1. The molecule has 0 amide bonds. The third-order valence-corrected chi connectivity index (χ3v) is 4.29. The molecule has 1 aliphatic heterocycles. The Labute approximate surface area is 148 Å². The van der Waals surface area contributed by atoms with Crippen molar-refractivity contribution < 1.29 is 19.3 Å². The first-order valence-corrected chi connectivity index (χ1v) is 8.58. The smallest absolute Gasteiger partial charge is 0.119 e. The van der Waals surface area contributed by atoms with Crippen LogP contribution in [0.4, 0.5) is 0 Å². The Morgan fingerprint density at radius 3 is 2.56 bits per heavy atom. The van der Waals surface area contributed by atoms with E-state index in [0.29, 0.717) is 13.2 Å². The zero-order valence-corrected chi connectivity index (χ0v) is 14.5. The Kier molecular flexibility index (Phi) is 6.28. The Morgan fingerprint density at radius 1 is 1.12 bits per heavy atom. The summed E-state index contributed by atoms with van der Waals surface area (Å²) >= 11 is 0. The van der Waals surface area contributed by atoms with Crippen LogP contribution in [0.1, 0.15) is 11.7 Å². The number of ether oxygens (including phenoxy) is 3. The molecule has 1 aliphatic rings. The van der Waals surface area contributed by atoms with Crippen molar-refractivity contribution >= 4 is 0 Å². The quantitative estimate of drug-likeness (QED) is 0.837. The van der Waals surface area contributed by atoms with E-state index in [4.69, 9.17) is 14.2 Å². The van der Waals surface area contributed by atoms with E-state index >= 15 is 0 Å². The van der Waals surface area contributed by atoms with Gasteiger partial charge in [-0.05, 0) is 29.8 Å². The Morgan fingerprint density at radius 2 is 1.84 bits per heavy atom. The first kappa shape index (κ1) is 17.7. The molecule has 1 N–H and O–H groups in total. The number of morpholine rings is 1. The van der Waals surface area contributed by atoms with E-state index in [1.165, 1.54) is 5.56 Å². The van der Waals surface area contributed by atoms with Crippen molar-refractivity contribution in [1.82, 2.24) is 4.90 Å². The topological polar surface area (TPSA) is 51.2 Å². The van der Waals surface area contributed by atoms with Gasteiger partial charge in [0.05, 0.1) is 19.8 Å². The molecule has 0 aliphatic carbocycles. The first-order chi connectivity index (χ1) is 12.2. The minimum absolute atomic E-state index is 0.0599. The van der Waals surface area contributed by atoms with E-state index in [2.05, 4.69) is 17.0 Å². The average Bonchev–Trinajstić information content (AvgIpc) is 2.68. The molecule has 2 aromatic rings. The summed E-state index contributed by atoms with van der Waals surface area (Å²) in [4.78, 5) is 2.23. The second kappa shape index (κ2) is 8.85. The summed E-state index contributed by atoms with van der Waals surface area (Å²) in [6.07, 6.45) is -0.485. The second-order valence-electron chi connectivity index (χ2n) is 6.17. The van der Waals surface area contributed by atoms with Gasteiger partial charge in [-0.25, -0.2) is 0 Å². The van der Waals surface area contributed by atoms with Gasteiger partial charge in [0, 0.05) is 19.6 Å². The van der Waals surface area contributed by atoms with E-state index < -0.39 is 6.10 Å². The van der Waals surface area contributed by atoms with Crippen molar-refractivity contribution in [1.29, 1.82) is 0 Å². The molecule has 134 valence electrons. The van der Waals surface area contributed by atoms with E-state index in [1.54, 1.807) is 7.11 Å². The van der Waals surface area contributed by atoms with Crippen LogP contribution in [0.25, 0.3) is 0 Å². The van der Waals surface area contributed by atoms with Crippen molar-refractivity contribution in [3.05, 3.63) is 60.2 Å². The maximum absolute atomic E-state index is 10.3. The maximum Gasteiger partial charge on any atom is 0.119 e. The number of rotatable bonds is 7. The molecular weight excluding hydrogens is 318 g/mol. The van der Waals surface area contributed by atoms with Crippen molar-refractivity contribution in [2.75, 3.05) is 40.0 Å². The van der Waals surface area contributed by atoms with E-state index in [0.717, 1.165) is 24.6 Å². The van der Waals surface area contributed by atoms with Crippen LogP contribution < -0.4 is 9.47 Å².